The van der Waals surface area contributed by atoms with Crippen molar-refractivity contribution in [1.29, 1.82) is 0 Å². The zero-order chi connectivity index (χ0) is 7.86. The summed E-state index contributed by atoms with van der Waals surface area (Å²) < 4.78 is 4.11. The van der Waals surface area contributed by atoms with Crippen LogP contribution < -0.4 is 34.7 Å². The summed E-state index contributed by atoms with van der Waals surface area (Å²) >= 11 is 0. The second kappa shape index (κ2) is 11.7. The van der Waals surface area contributed by atoms with Gasteiger partial charge < -0.3 is 14.6 Å². The van der Waals surface area contributed by atoms with Crippen molar-refractivity contribution in [2.75, 3.05) is 7.11 Å². The third kappa shape index (κ3) is 102. The minimum absolute atomic E-state index is 0. The van der Waals surface area contributed by atoms with Gasteiger partial charge in [-0.2, -0.15) is 0 Å². The second-order valence-electron chi connectivity index (χ2n) is 1.19. The largest absolute Gasteiger partial charge is 1.00 e. The Bertz CT molecular complexity index is 97.8. The normalized spacial score (nSPS) is 5.90. The molecule has 0 spiro atoms. The van der Waals surface area contributed by atoms with Crippen LogP contribution in [0.2, 0.25) is 0 Å². The van der Waals surface area contributed by atoms with E-state index in [1.165, 1.54) is 14.0 Å². The fourth-order valence-corrected chi connectivity index (χ4v) is 0. The number of hydrogen-bond acceptors (Lipinski definition) is 4. The molecule has 0 aliphatic heterocycles. The van der Waals surface area contributed by atoms with Crippen LogP contribution in [0.3, 0.4) is 0 Å². The van der Waals surface area contributed by atoms with Gasteiger partial charge in [0.15, 0.2) is 0 Å². The third-order valence-corrected chi connectivity index (χ3v) is 0.287. The maximum Gasteiger partial charge on any atom is 1.00 e. The van der Waals surface area contributed by atoms with Crippen molar-refractivity contribution in [1.82, 2.24) is 0 Å². The number of hydrogen-bond donors (Lipinski definition) is 0. The summed E-state index contributed by atoms with van der Waals surface area (Å²) in [5, 5.41) is 8.89. The van der Waals surface area contributed by atoms with Gasteiger partial charge >= 0.3 is 35.5 Å². The van der Waals surface area contributed by atoms with Crippen LogP contribution in [-0.4, -0.2) is 19.0 Å². The first kappa shape index (κ1) is 16.5. The van der Waals surface area contributed by atoms with Crippen LogP contribution >= 0.6 is 0 Å². The smallest absolute Gasteiger partial charge is 0.550 e. The summed E-state index contributed by atoms with van der Waals surface area (Å²) in [6.45, 7) is 2.33. The standard InChI is InChI=1S/C3H6O2.C2H4O2.Na/c1-3(4)5-2;1-2(3)4;/h1-2H3;1H3,(H,3,4);/q;;+1/p-1. The molecule has 0 unspecified atom stereocenters. The van der Waals surface area contributed by atoms with Gasteiger partial charge in [-0.05, 0) is 6.92 Å². The predicted octanol–water partition coefficient (Wildman–Crippen LogP) is -4.06. The van der Waals surface area contributed by atoms with Crippen LogP contribution in [-0.2, 0) is 14.3 Å². The summed E-state index contributed by atoms with van der Waals surface area (Å²) in [4.78, 5) is 18.5. The van der Waals surface area contributed by atoms with E-state index in [9.17, 15) is 4.79 Å². The Labute approximate surface area is 81.8 Å². The van der Waals surface area contributed by atoms with Crippen LogP contribution in [0.4, 0.5) is 0 Å². The fourth-order valence-electron chi connectivity index (χ4n) is 0. The molecular formula is C5H9NaO4. The molecule has 0 fully saturated rings. The first-order valence-corrected chi connectivity index (χ1v) is 2.22. The number of methoxy groups -OCH3 is 1. The summed E-state index contributed by atoms with van der Waals surface area (Å²) in [6.07, 6.45) is 0. The summed E-state index contributed by atoms with van der Waals surface area (Å²) in [6, 6.07) is 0. The van der Waals surface area contributed by atoms with E-state index in [0.717, 1.165) is 6.92 Å². The van der Waals surface area contributed by atoms with Crippen molar-refractivity contribution in [3.05, 3.63) is 0 Å². The summed E-state index contributed by atoms with van der Waals surface area (Å²) in [5.41, 5.74) is 0. The summed E-state index contributed by atoms with van der Waals surface area (Å²) in [5.74, 6) is -1.33. The number of esters is 1. The van der Waals surface area contributed by atoms with Gasteiger partial charge in [-0.3, -0.25) is 4.79 Å². The van der Waals surface area contributed by atoms with Gasteiger partial charge in [-0.1, -0.05) is 0 Å². The number of aliphatic carboxylic acids is 1. The minimum atomic E-state index is -1.08. The molecule has 0 heterocycles. The molecule has 54 valence electrons. The molecule has 0 saturated carbocycles. The number of carboxylic acids is 1. The van der Waals surface area contributed by atoms with Gasteiger partial charge in [0.1, 0.15) is 0 Å². The summed E-state index contributed by atoms with van der Waals surface area (Å²) in [7, 11) is 1.35. The zero-order valence-electron chi connectivity index (χ0n) is 6.63. The van der Waals surface area contributed by atoms with Crippen LogP contribution in [0.15, 0.2) is 0 Å². The Hall–Kier alpha value is -0.0600. The number of ether oxygens (including phenoxy) is 1. The topological polar surface area (TPSA) is 66.4 Å². The Morgan fingerprint density at radius 2 is 1.40 bits per heavy atom. The van der Waals surface area contributed by atoms with Crippen molar-refractivity contribution in [3.8, 4) is 0 Å². The molecule has 0 aliphatic carbocycles. The van der Waals surface area contributed by atoms with Gasteiger partial charge in [0, 0.05) is 12.9 Å². The van der Waals surface area contributed by atoms with E-state index in [1.807, 2.05) is 0 Å². The van der Waals surface area contributed by atoms with E-state index in [0.29, 0.717) is 0 Å². The van der Waals surface area contributed by atoms with Crippen molar-refractivity contribution < 1.29 is 49.0 Å². The second-order valence-corrected chi connectivity index (χ2v) is 1.19. The maximum absolute atomic E-state index is 9.59. The molecular weight excluding hydrogens is 147 g/mol. The van der Waals surface area contributed by atoms with Gasteiger partial charge in [0.2, 0.25) is 0 Å². The van der Waals surface area contributed by atoms with Gasteiger partial charge in [-0.15, -0.1) is 0 Å². The van der Waals surface area contributed by atoms with Gasteiger partial charge in [0.05, 0.1) is 7.11 Å². The number of carboxylic acid groups (broad SMARTS) is 1. The van der Waals surface area contributed by atoms with E-state index in [2.05, 4.69) is 4.74 Å². The quantitative estimate of drug-likeness (QED) is 0.264. The zero-order valence-corrected chi connectivity index (χ0v) is 8.63. The molecule has 0 aromatic heterocycles. The molecule has 0 radical (unpaired) electrons. The third-order valence-electron chi connectivity index (χ3n) is 0.287. The van der Waals surface area contributed by atoms with E-state index in [4.69, 9.17) is 9.90 Å². The van der Waals surface area contributed by atoms with E-state index < -0.39 is 5.97 Å². The molecule has 0 N–H and O–H groups in total. The van der Waals surface area contributed by atoms with E-state index >= 15 is 0 Å². The molecule has 0 atom stereocenters. The number of rotatable bonds is 0. The Balaban J connectivity index is -0.0000000910. The molecule has 0 aromatic carbocycles. The minimum Gasteiger partial charge on any atom is -0.550 e. The maximum atomic E-state index is 9.59. The molecule has 0 aliphatic rings. The molecule has 0 saturated heterocycles. The molecule has 0 bridgehead atoms. The monoisotopic (exact) mass is 156 g/mol. The fraction of sp³-hybridized carbons (Fsp3) is 0.600. The Morgan fingerprint density at radius 1 is 1.30 bits per heavy atom. The number of carbonyl (C=O) groups excluding carboxylic acids is 2. The van der Waals surface area contributed by atoms with Crippen LogP contribution in [0.1, 0.15) is 13.8 Å². The first-order chi connectivity index (χ1) is 4.00. The number of carbonyl (C=O) groups is 2. The van der Waals surface area contributed by atoms with Gasteiger partial charge in [0.25, 0.3) is 0 Å². The van der Waals surface area contributed by atoms with Crippen LogP contribution in [0.25, 0.3) is 0 Å². The first-order valence-electron chi connectivity index (χ1n) is 2.22. The molecule has 0 amide bonds. The molecule has 0 aromatic rings. The Kier molecular flexibility index (Phi) is 19.3. The van der Waals surface area contributed by atoms with Crippen molar-refractivity contribution in [3.63, 3.8) is 0 Å². The molecule has 10 heavy (non-hydrogen) atoms. The van der Waals surface area contributed by atoms with E-state index in [-0.39, 0.29) is 35.5 Å². The average molecular weight is 156 g/mol. The predicted molar refractivity (Wildman–Crippen MR) is 28.4 cm³/mol. The van der Waals surface area contributed by atoms with Crippen LogP contribution in [0.5, 0.6) is 0 Å². The molecule has 4 nitrogen and oxygen atoms in total. The molecule has 0 rings (SSSR count). The Morgan fingerprint density at radius 3 is 1.40 bits per heavy atom. The van der Waals surface area contributed by atoms with Gasteiger partial charge in [-0.25, -0.2) is 0 Å². The van der Waals surface area contributed by atoms with Crippen molar-refractivity contribution in [2.45, 2.75) is 13.8 Å². The SMILES string of the molecule is CC(=O)[O-].COC(C)=O.[Na+]. The average Bonchev–Trinajstić information content (AvgIpc) is 1.65. The van der Waals surface area contributed by atoms with E-state index in [1.54, 1.807) is 0 Å². The van der Waals surface area contributed by atoms with Crippen molar-refractivity contribution in [2.24, 2.45) is 0 Å². The molecule has 5 heteroatoms. The van der Waals surface area contributed by atoms with Crippen LogP contribution in [0, 0.1) is 0 Å². The van der Waals surface area contributed by atoms with Crippen molar-refractivity contribution >= 4 is 11.9 Å².